The third kappa shape index (κ3) is 3.86. The second-order valence-electron chi connectivity index (χ2n) is 5.37. The first-order valence-corrected chi connectivity index (χ1v) is 7.35. The monoisotopic (exact) mass is 299 g/mol. The van der Waals surface area contributed by atoms with Crippen molar-refractivity contribution in [1.82, 2.24) is 14.7 Å². The highest BCUT2D eigenvalue weighted by Gasteiger charge is 2.39. The van der Waals surface area contributed by atoms with Crippen LogP contribution in [0.3, 0.4) is 0 Å². The van der Waals surface area contributed by atoms with E-state index in [9.17, 15) is 14.4 Å². The van der Waals surface area contributed by atoms with Crippen molar-refractivity contribution in [3.63, 3.8) is 0 Å². The number of carbonyl (C=O) groups is 3. The summed E-state index contributed by atoms with van der Waals surface area (Å²) in [6, 6.07) is -0.632. The summed E-state index contributed by atoms with van der Waals surface area (Å²) in [5.74, 6) is -1.50. The summed E-state index contributed by atoms with van der Waals surface area (Å²) in [6.07, 6.45) is 0.458. The topological polar surface area (TPSA) is 81.2 Å². The Hall–Kier alpha value is -1.79. The lowest BCUT2D eigenvalue weighted by Crippen LogP contribution is -2.48. The van der Waals surface area contributed by atoms with Gasteiger partial charge in [0, 0.05) is 32.7 Å². The maximum atomic E-state index is 12.3. The lowest BCUT2D eigenvalue weighted by atomic mass is 10.0. The molecule has 0 radical (unpaired) electrons. The number of likely N-dealkylation sites (tertiary alicyclic amines) is 1. The number of urea groups is 1. The molecule has 0 aromatic carbocycles. The van der Waals surface area contributed by atoms with E-state index in [1.54, 1.807) is 18.9 Å². The Labute approximate surface area is 125 Å². The van der Waals surface area contributed by atoms with E-state index >= 15 is 0 Å². The third-order valence-corrected chi connectivity index (χ3v) is 4.13. The van der Waals surface area contributed by atoms with Crippen molar-refractivity contribution in [2.24, 2.45) is 5.92 Å². The smallest absolute Gasteiger partial charge is 0.320 e. The minimum Gasteiger partial charge on any atom is -0.481 e. The molecular weight excluding hydrogens is 274 g/mol. The van der Waals surface area contributed by atoms with Crippen molar-refractivity contribution in [2.45, 2.75) is 33.2 Å². The first-order chi connectivity index (χ1) is 9.83. The van der Waals surface area contributed by atoms with E-state index in [1.165, 1.54) is 9.80 Å². The van der Waals surface area contributed by atoms with E-state index in [0.717, 1.165) is 0 Å². The number of rotatable bonds is 5. The number of likely N-dealkylation sites (N-methyl/N-ethyl adjacent to an activating group) is 2. The number of aliphatic carboxylic acids is 1. The molecular formula is C14H25N3O4. The van der Waals surface area contributed by atoms with Crippen LogP contribution in [0.2, 0.25) is 0 Å². The summed E-state index contributed by atoms with van der Waals surface area (Å²) in [5.41, 5.74) is 0. The first kappa shape index (κ1) is 17.3. The first-order valence-electron chi connectivity index (χ1n) is 7.35. The van der Waals surface area contributed by atoms with Crippen molar-refractivity contribution in [3.05, 3.63) is 0 Å². The highest BCUT2D eigenvalue weighted by atomic mass is 16.4. The van der Waals surface area contributed by atoms with Crippen LogP contribution in [0.25, 0.3) is 0 Å². The molecule has 1 fully saturated rings. The zero-order valence-electron chi connectivity index (χ0n) is 13.2. The average Bonchev–Trinajstić information content (AvgIpc) is 2.81. The van der Waals surface area contributed by atoms with E-state index < -0.39 is 11.9 Å². The standard InChI is InChI=1S/C14H25N3O4/c1-5-16(6-2)12(18)9-15(4)14(21)17-8-7-11(10(17)3)13(19)20/h10-11H,5-9H2,1-4H3,(H,19,20). The summed E-state index contributed by atoms with van der Waals surface area (Å²) in [6.45, 7) is 7.18. The molecule has 0 aromatic rings. The van der Waals surface area contributed by atoms with Crippen LogP contribution in [0.15, 0.2) is 0 Å². The largest absolute Gasteiger partial charge is 0.481 e. The SMILES string of the molecule is CCN(CC)C(=O)CN(C)C(=O)N1CCC(C(=O)O)C1C. The molecule has 1 aliphatic rings. The maximum absolute atomic E-state index is 12.3. The molecule has 7 heteroatoms. The van der Waals surface area contributed by atoms with Gasteiger partial charge in [0.2, 0.25) is 5.91 Å². The molecule has 1 aliphatic heterocycles. The van der Waals surface area contributed by atoms with Gasteiger partial charge in [0.05, 0.1) is 5.92 Å². The molecule has 21 heavy (non-hydrogen) atoms. The Morgan fingerprint density at radius 2 is 1.81 bits per heavy atom. The summed E-state index contributed by atoms with van der Waals surface area (Å²) < 4.78 is 0. The zero-order chi connectivity index (χ0) is 16.2. The van der Waals surface area contributed by atoms with E-state index in [0.29, 0.717) is 26.1 Å². The van der Waals surface area contributed by atoms with Gasteiger partial charge in [-0.15, -0.1) is 0 Å². The normalized spacial score (nSPS) is 21.2. The zero-order valence-corrected chi connectivity index (χ0v) is 13.2. The molecule has 1 heterocycles. The van der Waals surface area contributed by atoms with Crippen LogP contribution in [-0.2, 0) is 9.59 Å². The number of hydrogen-bond acceptors (Lipinski definition) is 3. The molecule has 0 spiro atoms. The van der Waals surface area contributed by atoms with E-state index in [4.69, 9.17) is 5.11 Å². The maximum Gasteiger partial charge on any atom is 0.320 e. The number of nitrogens with zero attached hydrogens (tertiary/aromatic N) is 3. The van der Waals surface area contributed by atoms with Gasteiger partial charge in [-0.25, -0.2) is 4.79 Å². The van der Waals surface area contributed by atoms with Crippen molar-refractivity contribution in [2.75, 3.05) is 33.2 Å². The van der Waals surface area contributed by atoms with Crippen molar-refractivity contribution in [1.29, 1.82) is 0 Å². The molecule has 0 aliphatic carbocycles. The third-order valence-electron chi connectivity index (χ3n) is 4.13. The van der Waals surface area contributed by atoms with Crippen LogP contribution < -0.4 is 0 Å². The summed E-state index contributed by atoms with van der Waals surface area (Å²) in [5, 5.41) is 9.09. The van der Waals surface area contributed by atoms with Crippen molar-refractivity contribution in [3.8, 4) is 0 Å². The van der Waals surface area contributed by atoms with Crippen LogP contribution in [0, 0.1) is 5.92 Å². The lowest BCUT2D eigenvalue weighted by molar-refractivity contribution is -0.142. The molecule has 1 rings (SSSR count). The number of hydrogen-bond donors (Lipinski definition) is 1. The Balaban J connectivity index is 2.63. The predicted molar refractivity (Wildman–Crippen MR) is 77.9 cm³/mol. The molecule has 1 N–H and O–H groups in total. The Kier molecular flexibility index (Phi) is 5.99. The number of amides is 3. The fraction of sp³-hybridized carbons (Fsp3) is 0.786. The molecule has 3 amide bonds. The molecule has 0 saturated carbocycles. The fourth-order valence-corrected chi connectivity index (χ4v) is 2.71. The van der Waals surface area contributed by atoms with E-state index in [-0.39, 0.29) is 24.5 Å². The van der Waals surface area contributed by atoms with Gasteiger partial charge in [0.25, 0.3) is 0 Å². The van der Waals surface area contributed by atoms with Gasteiger partial charge in [0.1, 0.15) is 6.54 Å². The second kappa shape index (κ2) is 7.28. The van der Waals surface area contributed by atoms with Gasteiger partial charge in [0.15, 0.2) is 0 Å². The van der Waals surface area contributed by atoms with E-state index in [2.05, 4.69) is 0 Å². The van der Waals surface area contributed by atoms with Gasteiger partial charge >= 0.3 is 12.0 Å². The molecule has 2 atom stereocenters. The number of carboxylic acid groups (broad SMARTS) is 1. The van der Waals surface area contributed by atoms with Crippen LogP contribution in [0.5, 0.6) is 0 Å². The average molecular weight is 299 g/mol. The minimum atomic E-state index is -0.875. The number of carbonyl (C=O) groups excluding carboxylic acids is 2. The van der Waals surface area contributed by atoms with Gasteiger partial charge < -0.3 is 19.8 Å². The molecule has 1 saturated heterocycles. The summed E-state index contributed by atoms with van der Waals surface area (Å²) in [4.78, 5) is 40.0. The Bertz CT molecular complexity index is 409. The van der Waals surface area contributed by atoms with Crippen LogP contribution in [0.4, 0.5) is 4.79 Å². The van der Waals surface area contributed by atoms with Gasteiger partial charge in [-0.3, -0.25) is 9.59 Å². The molecule has 7 nitrogen and oxygen atoms in total. The molecule has 120 valence electrons. The van der Waals surface area contributed by atoms with Gasteiger partial charge in [-0.05, 0) is 27.2 Å². The minimum absolute atomic E-state index is 0.0153. The Morgan fingerprint density at radius 3 is 2.24 bits per heavy atom. The highest BCUT2D eigenvalue weighted by molar-refractivity contribution is 5.84. The number of carboxylic acids is 1. The second-order valence-corrected chi connectivity index (χ2v) is 5.37. The fourth-order valence-electron chi connectivity index (χ4n) is 2.71. The highest BCUT2D eigenvalue weighted by Crippen LogP contribution is 2.25. The quantitative estimate of drug-likeness (QED) is 0.810. The van der Waals surface area contributed by atoms with Crippen molar-refractivity contribution >= 4 is 17.9 Å². The van der Waals surface area contributed by atoms with Crippen LogP contribution >= 0.6 is 0 Å². The van der Waals surface area contributed by atoms with Gasteiger partial charge in [-0.2, -0.15) is 0 Å². The van der Waals surface area contributed by atoms with Crippen LogP contribution in [0.1, 0.15) is 27.2 Å². The summed E-state index contributed by atoms with van der Waals surface area (Å²) >= 11 is 0. The van der Waals surface area contributed by atoms with Gasteiger partial charge in [-0.1, -0.05) is 0 Å². The predicted octanol–water partition coefficient (Wildman–Crippen LogP) is 0.702. The molecule has 0 aromatic heterocycles. The van der Waals surface area contributed by atoms with E-state index in [1.807, 2.05) is 13.8 Å². The lowest BCUT2D eigenvalue weighted by Gasteiger charge is -2.29. The summed E-state index contributed by atoms with van der Waals surface area (Å²) in [7, 11) is 1.57. The van der Waals surface area contributed by atoms with Crippen molar-refractivity contribution < 1.29 is 19.5 Å². The Morgan fingerprint density at radius 1 is 1.24 bits per heavy atom. The molecule has 2 unspecified atom stereocenters. The van der Waals surface area contributed by atoms with Crippen LogP contribution in [-0.4, -0.2) is 77.0 Å². The molecule has 0 bridgehead atoms.